The van der Waals surface area contributed by atoms with Crippen molar-refractivity contribution in [1.29, 1.82) is 0 Å². The predicted octanol–water partition coefficient (Wildman–Crippen LogP) is 4.88. The van der Waals surface area contributed by atoms with E-state index in [9.17, 15) is 17.6 Å². The van der Waals surface area contributed by atoms with Gasteiger partial charge in [-0.3, -0.25) is 0 Å². The molecule has 1 aliphatic carbocycles. The molecule has 2 atom stereocenters. The fourth-order valence-corrected chi connectivity index (χ4v) is 3.17. The molecule has 94 valence electrons. The maximum Gasteiger partial charge on any atom is 0.419 e. The average Bonchev–Trinajstić information content (AvgIpc) is 2.63. The summed E-state index contributed by atoms with van der Waals surface area (Å²) in [5.74, 6) is -1.15. The average molecular weight is 311 g/mol. The van der Waals surface area contributed by atoms with Crippen LogP contribution >= 0.6 is 15.9 Å². The molecule has 0 spiro atoms. The summed E-state index contributed by atoms with van der Waals surface area (Å²) >= 11 is 3.46. The third-order valence-electron chi connectivity index (χ3n) is 3.16. The van der Waals surface area contributed by atoms with Crippen LogP contribution in [-0.4, -0.2) is 4.83 Å². The Hall–Kier alpha value is -0.580. The summed E-state index contributed by atoms with van der Waals surface area (Å²) in [7, 11) is 0. The molecule has 0 amide bonds. The molecule has 0 saturated heterocycles. The summed E-state index contributed by atoms with van der Waals surface area (Å²) in [5, 5.41) is 0. The Morgan fingerprint density at radius 2 is 1.88 bits per heavy atom. The molecule has 1 aromatic rings. The van der Waals surface area contributed by atoms with Crippen molar-refractivity contribution in [2.45, 2.75) is 36.2 Å². The van der Waals surface area contributed by atoms with E-state index in [2.05, 4.69) is 15.9 Å². The maximum atomic E-state index is 13.1. The molecule has 0 N–H and O–H groups in total. The van der Waals surface area contributed by atoms with E-state index in [0.717, 1.165) is 31.4 Å². The Balaban J connectivity index is 2.37. The van der Waals surface area contributed by atoms with Gasteiger partial charge in [0.25, 0.3) is 0 Å². The van der Waals surface area contributed by atoms with Gasteiger partial charge in [-0.1, -0.05) is 28.4 Å². The molecular weight excluding hydrogens is 300 g/mol. The van der Waals surface area contributed by atoms with Crippen LogP contribution in [0.4, 0.5) is 17.6 Å². The number of halogens is 5. The van der Waals surface area contributed by atoms with Gasteiger partial charge in [0.1, 0.15) is 5.82 Å². The number of hydrogen-bond donors (Lipinski definition) is 0. The molecule has 1 aliphatic rings. The predicted molar refractivity (Wildman–Crippen MR) is 60.7 cm³/mol. The monoisotopic (exact) mass is 310 g/mol. The molecule has 17 heavy (non-hydrogen) atoms. The highest BCUT2D eigenvalue weighted by Crippen LogP contribution is 2.41. The minimum absolute atomic E-state index is 0.0525. The lowest BCUT2D eigenvalue weighted by Gasteiger charge is -2.17. The van der Waals surface area contributed by atoms with Crippen LogP contribution in [-0.2, 0) is 6.18 Å². The van der Waals surface area contributed by atoms with Crippen molar-refractivity contribution in [3.05, 3.63) is 35.1 Å². The van der Waals surface area contributed by atoms with E-state index in [0.29, 0.717) is 5.56 Å². The number of alkyl halides is 4. The van der Waals surface area contributed by atoms with Gasteiger partial charge in [0.05, 0.1) is 5.56 Å². The summed E-state index contributed by atoms with van der Waals surface area (Å²) in [6, 6.07) is 3.31. The van der Waals surface area contributed by atoms with Crippen molar-refractivity contribution in [2.24, 2.45) is 0 Å². The summed E-state index contributed by atoms with van der Waals surface area (Å²) in [4.78, 5) is 0.189. The number of hydrogen-bond acceptors (Lipinski definition) is 0. The molecule has 0 heterocycles. The number of benzene rings is 1. The lowest BCUT2D eigenvalue weighted by molar-refractivity contribution is -0.140. The Labute approximate surface area is 105 Å². The maximum absolute atomic E-state index is 13.1. The first-order valence-electron chi connectivity index (χ1n) is 5.40. The highest BCUT2D eigenvalue weighted by Gasteiger charge is 2.35. The second-order valence-corrected chi connectivity index (χ2v) is 5.47. The van der Waals surface area contributed by atoms with Crippen LogP contribution in [0.3, 0.4) is 0 Å². The van der Waals surface area contributed by atoms with Gasteiger partial charge in [-0.05, 0) is 36.5 Å². The Kier molecular flexibility index (Phi) is 3.48. The van der Waals surface area contributed by atoms with Crippen LogP contribution in [0, 0.1) is 5.82 Å². The minimum atomic E-state index is -4.62. The van der Waals surface area contributed by atoms with E-state index in [1.807, 2.05) is 0 Å². The quantitative estimate of drug-likeness (QED) is 0.512. The Morgan fingerprint density at radius 1 is 1.18 bits per heavy atom. The summed E-state index contributed by atoms with van der Waals surface area (Å²) < 4.78 is 50.8. The van der Waals surface area contributed by atoms with E-state index >= 15 is 0 Å². The van der Waals surface area contributed by atoms with Crippen molar-refractivity contribution in [3.8, 4) is 0 Å². The van der Waals surface area contributed by atoms with E-state index in [1.165, 1.54) is 6.07 Å². The second-order valence-electron chi connectivity index (χ2n) is 4.29. The lowest BCUT2D eigenvalue weighted by atomic mass is 9.95. The van der Waals surface area contributed by atoms with Gasteiger partial charge < -0.3 is 0 Å². The highest BCUT2D eigenvalue weighted by molar-refractivity contribution is 9.09. The standard InChI is InChI=1S/C12H11BrF4/c13-10-3-1-2-8(10)7-4-5-11(14)9(6-7)12(15,16)17/h4-6,8,10H,1-3H2. The van der Waals surface area contributed by atoms with Crippen LogP contribution in [0.25, 0.3) is 0 Å². The third-order valence-corrected chi connectivity index (χ3v) is 4.25. The molecular formula is C12H11BrF4. The van der Waals surface area contributed by atoms with Crippen LogP contribution in [0.5, 0.6) is 0 Å². The first kappa shape index (κ1) is 12.9. The zero-order valence-electron chi connectivity index (χ0n) is 8.90. The van der Waals surface area contributed by atoms with Crippen molar-refractivity contribution >= 4 is 15.9 Å². The first-order chi connectivity index (χ1) is 7.89. The van der Waals surface area contributed by atoms with Gasteiger partial charge in [-0.2, -0.15) is 13.2 Å². The Morgan fingerprint density at radius 3 is 2.41 bits per heavy atom. The molecule has 0 bridgehead atoms. The van der Waals surface area contributed by atoms with Crippen molar-refractivity contribution in [2.75, 3.05) is 0 Å². The SMILES string of the molecule is Fc1ccc(C2CCCC2Br)cc1C(F)(F)F. The smallest absolute Gasteiger partial charge is 0.206 e. The fourth-order valence-electron chi connectivity index (χ4n) is 2.28. The van der Waals surface area contributed by atoms with Gasteiger partial charge in [0.2, 0.25) is 0 Å². The van der Waals surface area contributed by atoms with E-state index in [1.54, 1.807) is 0 Å². The number of rotatable bonds is 1. The van der Waals surface area contributed by atoms with Crippen LogP contribution in [0.15, 0.2) is 18.2 Å². The van der Waals surface area contributed by atoms with Crippen molar-refractivity contribution in [1.82, 2.24) is 0 Å². The zero-order valence-corrected chi connectivity index (χ0v) is 10.5. The third kappa shape index (κ3) is 2.64. The molecule has 1 aromatic carbocycles. The molecule has 5 heteroatoms. The molecule has 2 unspecified atom stereocenters. The molecule has 0 nitrogen and oxygen atoms in total. The van der Waals surface area contributed by atoms with Crippen molar-refractivity contribution in [3.63, 3.8) is 0 Å². The molecule has 1 saturated carbocycles. The van der Waals surface area contributed by atoms with Crippen LogP contribution in [0.2, 0.25) is 0 Å². The Bertz CT molecular complexity index is 413. The largest absolute Gasteiger partial charge is 0.419 e. The van der Waals surface area contributed by atoms with Gasteiger partial charge in [0, 0.05) is 4.83 Å². The molecule has 1 fully saturated rings. The molecule has 0 aliphatic heterocycles. The molecule has 2 rings (SSSR count). The summed E-state index contributed by atoms with van der Waals surface area (Å²) in [6.07, 6.45) is -1.85. The minimum Gasteiger partial charge on any atom is -0.206 e. The second kappa shape index (κ2) is 4.59. The zero-order chi connectivity index (χ0) is 12.6. The van der Waals surface area contributed by atoms with Crippen molar-refractivity contribution < 1.29 is 17.6 Å². The molecule has 0 aromatic heterocycles. The van der Waals surface area contributed by atoms with Gasteiger partial charge >= 0.3 is 6.18 Å². The first-order valence-corrected chi connectivity index (χ1v) is 6.32. The van der Waals surface area contributed by atoms with Gasteiger partial charge in [-0.15, -0.1) is 0 Å². The topological polar surface area (TPSA) is 0 Å². The van der Waals surface area contributed by atoms with E-state index in [-0.39, 0.29) is 10.7 Å². The van der Waals surface area contributed by atoms with E-state index in [4.69, 9.17) is 0 Å². The fraction of sp³-hybridized carbons (Fsp3) is 0.500. The van der Waals surface area contributed by atoms with Gasteiger partial charge in [0.15, 0.2) is 0 Å². The highest BCUT2D eigenvalue weighted by atomic mass is 79.9. The summed E-state index contributed by atoms with van der Waals surface area (Å²) in [5.41, 5.74) is -0.597. The summed E-state index contributed by atoms with van der Waals surface area (Å²) in [6.45, 7) is 0. The normalized spacial score (nSPS) is 25.2. The van der Waals surface area contributed by atoms with Crippen LogP contribution in [0.1, 0.15) is 36.3 Å². The van der Waals surface area contributed by atoms with Crippen LogP contribution < -0.4 is 0 Å². The molecule has 0 radical (unpaired) electrons. The van der Waals surface area contributed by atoms with E-state index < -0.39 is 17.6 Å². The lowest BCUT2D eigenvalue weighted by Crippen LogP contribution is -2.11. The van der Waals surface area contributed by atoms with Gasteiger partial charge in [-0.25, -0.2) is 4.39 Å².